The number of carbonyl (C=O) groups is 4. The molecule has 0 aliphatic rings. The average molecular weight is 380 g/mol. The Labute approximate surface area is 157 Å². The number of aldehydes is 1. The first kappa shape index (κ1) is 22.1. The number of methoxy groups -OCH3 is 1. The molecule has 1 heterocycles. The summed E-state index contributed by atoms with van der Waals surface area (Å²) in [4.78, 5) is 52.8. The molecule has 9 nitrogen and oxygen atoms in total. The molecule has 0 unspecified atom stereocenters. The molecule has 0 radical (unpaired) electrons. The largest absolute Gasteiger partial charge is 0.465 e. The van der Waals surface area contributed by atoms with Gasteiger partial charge in [-0.25, -0.2) is 14.4 Å². The summed E-state index contributed by atoms with van der Waals surface area (Å²) < 4.78 is 15.2. The average Bonchev–Trinajstić information content (AvgIpc) is 2.51. The topological polar surface area (TPSA) is 112 Å². The third-order valence-corrected chi connectivity index (χ3v) is 2.82. The van der Waals surface area contributed by atoms with Gasteiger partial charge in [0.2, 0.25) is 0 Å². The molecule has 27 heavy (non-hydrogen) atoms. The molecule has 0 aromatic carbocycles. The number of amides is 2. The maximum atomic E-state index is 12.7. The summed E-state index contributed by atoms with van der Waals surface area (Å²) in [6.45, 7) is 9.71. The van der Waals surface area contributed by atoms with Gasteiger partial charge in [0.25, 0.3) is 0 Å². The molecular formula is C18H24N2O7. The summed E-state index contributed by atoms with van der Waals surface area (Å²) in [5.74, 6) is -0.868. The van der Waals surface area contributed by atoms with E-state index in [2.05, 4.69) is 9.72 Å². The lowest BCUT2D eigenvalue weighted by Crippen LogP contribution is -2.44. The second kappa shape index (κ2) is 8.15. The molecule has 0 bridgehead atoms. The van der Waals surface area contributed by atoms with Crippen LogP contribution >= 0.6 is 0 Å². The van der Waals surface area contributed by atoms with Crippen LogP contribution in [0.4, 0.5) is 15.3 Å². The van der Waals surface area contributed by atoms with Gasteiger partial charge in [-0.15, -0.1) is 0 Å². The van der Waals surface area contributed by atoms with E-state index in [1.165, 1.54) is 0 Å². The highest BCUT2D eigenvalue weighted by atomic mass is 16.6. The van der Waals surface area contributed by atoms with Crippen molar-refractivity contribution in [2.24, 2.45) is 0 Å². The minimum absolute atomic E-state index is 0.0764. The van der Waals surface area contributed by atoms with Crippen LogP contribution in [-0.4, -0.2) is 47.7 Å². The molecule has 0 saturated heterocycles. The van der Waals surface area contributed by atoms with Gasteiger partial charge in [0.15, 0.2) is 6.29 Å². The monoisotopic (exact) mass is 380 g/mol. The van der Waals surface area contributed by atoms with Gasteiger partial charge in [0, 0.05) is 0 Å². The summed E-state index contributed by atoms with van der Waals surface area (Å²) in [5, 5.41) is 0. The molecule has 2 amide bonds. The van der Waals surface area contributed by atoms with Crippen molar-refractivity contribution in [3.05, 3.63) is 23.5 Å². The highest BCUT2D eigenvalue weighted by molar-refractivity contribution is 6.13. The zero-order chi connectivity index (χ0) is 21.0. The van der Waals surface area contributed by atoms with Crippen molar-refractivity contribution in [2.75, 3.05) is 12.0 Å². The van der Waals surface area contributed by atoms with Crippen LogP contribution in [0.15, 0.2) is 12.3 Å². The van der Waals surface area contributed by atoms with Crippen LogP contribution in [0.2, 0.25) is 0 Å². The van der Waals surface area contributed by atoms with Gasteiger partial charge in [-0.3, -0.25) is 9.78 Å². The van der Waals surface area contributed by atoms with Crippen LogP contribution in [0.1, 0.15) is 62.4 Å². The summed E-state index contributed by atoms with van der Waals surface area (Å²) >= 11 is 0. The molecule has 9 heteroatoms. The standard InChI is InChI=1S/C18H24N2O7/c1-17(2,3)26-15(23)20(16(24)27-18(4,5)6)13-9-19-11(10-21)8-12(13)14(22)25-7/h8-10H,1-7H3. The van der Waals surface area contributed by atoms with E-state index in [1.807, 2.05) is 0 Å². The fraction of sp³-hybridized carbons (Fsp3) is 0.500. The minimum atomic E-state index is -1.07. The summed E-state index contributed by atoms with van der Waals surface area (Å²) in [7, 11) is 1.12. The molecule has 1 rings (SSSR count). The third-order valence-electron chi connectivity index (χ3n) is 2.82. The molecule has 0 aliphatic heterocycles. The van der Waals surface area contributed by atoms with Crippen LogP contribution in [0, 0.1) is 0 Å². The smallest absolute Gasteiger partial charge is 0.424 e. The Balaban J connectivity index is 3.54. The van der Waals surface area contributed by atoms with E-state index in [9.17, 15) is 19.2 Å². The predicted octanol–water partition coefficient (Wildman–Crippen LogP) is 3.36. The number of hydrogen-bond acceptors (Lipinski definition) is 8. The number of rotatable bonds is 3. The Bertz CT molecular complexity index is 717. The number of esters is 1. The van der Waals surface area contributed by atoms with Crippen molar-refractivity contribution in [3.63, 3.8) is 0 Å². The molecule has 1 aromatic rings. The van der Waals surface area contributed by atoms with Crippen LogP contribution in [0.5, 0.6) is 0 Å². The molecule has 0 atom stereocenters. The summed E-state index contributed by atoms with van der Waals surface area (Å²) in [6, 6.07) is 1.11. The second-order valence-electron chi connectivity index (χ2n) is 7.53. The van der Waals surface area contributed by atoms with Crippen molar-refractivity contribution >= 4 is 30.1 Å². The lowest BCUT2D eigenvalue weighted by Gasteiger charge is -2.29. The second-order valence-corrected chi connectivity index (χ2v) is 7.53. The molecule has 148 valence electrons. The summed E-state index contributed by atoms with van der Waals surface area (Å²) in [6.07, 6.45) is -0.684. The first-order valence-electron chi connectivity index (χ1n) is 8.08. The normalized spacial score (nSPS) is 11.4. The van der Waals surface area contributed by atoms with Crippen LogP contribution < -0.4 is 4.90 Å². The van der Waals surface area contributed by atoms with Gasteiger partial charge in [0.1, 0.15) is 16.9 Å². The van der Waals surface area contributed by atoms with Crippen molar-refractivity contribution in [2.45, 2.75) is 52.7 Å². The Hall–Kier alpha value is -2.97. The number of hydrogen-bond donors (Lipinski definition) is 0. The number of nitrogens with zero attached hydrogens (tertiary/aromatic N) is 2. The fourth-order valence-corrected chi connectivity index (χ4v) is 1.87. The molecule has 0 fully saturated rings. The first-order chi connectivity index (χ1) is 12.3. The van der Waals surface area contributed by atoms with E-state index in [0.717, 1.165) is 19.4 Å². The maximum Gasteiger partial charge on any atom is 0.424 e. The Morgan fingerprint density at radius 1 is 1.00 bits per heavy atom. The van der Waals surface area contributed by atoms with Crippen molar-refractivity contribution in [1.82, 2.24) is 4.98 Å². The number of carbonyl (C=O) groups excluding carboxylic acids is 4. The van der Waals surface area contributed by atoms with Crippen molar-refractivity contribution in [3.8, 4) is 0 Å². The van der Waals surface area contributed by atoms with Crippen molar-refractivity contribution in [1.29, 1.82) is 0 Å². The fourth-order valence-electron chi connectivity index (χ4n) is 1.87. The molecule has 0 spiro atoms. The molecular weight excluding hydrogens is 356 g/mol. The lowest BCUT2D eigenvalue weighted by atomic mass is 10.1. The van der Waals surface area contributed by atoms with Gasteiger partial charge < -0.3 is 14.2 Å². The first-order valence-corrected chi connectivity index (χ1v) is 8.08. The van der Waals surface area contributed by atoms with E-state index in [0.29, 0.717) is 11.2 Å². The zero-order valence-corrected chi connectivity index (χ0v) is 16.5. The van der Waals surface area contributed by atoms with Gasteiger partial charge in [-0.05, 0) is 47.6 Å². The zero-order valence-electron chi connectivity index (χ0n) is 16.5. The quantitative estimate of drug-likeness (QED) is 0.446. The van der Waals surface area contributed by atoms with Crippen LogP contribution in [0.25, 0.3) is 0 Å². The molecule has 0 aliphatic carbocycles. The Kier molecular flexibility index (Phi) is 6.66. The SMILES string of the molecule is COC(=O)c1cc(C=O)ncc1N(C(=O)OC(C)(C)C)C(=O)OC(C)(C)C. The van der Waals surface area contributed by atoms with Gasteiger partial charge >= 0.3 is 18.2 Å². The van der Waals surface area contributed by atoms with E-state index in [-0.39, 0.29) is 16.9 Å². The Morgan fingerprint density at radius 3 is 1.85 bits per heavy atom. The van der Waals surface area contributed by atoms with Gasteiger partial charge in [-0.2, -0.15) is 4.90 Å². The maximum absolute atomic E-state index is 12.7. The minimum Gasteiger partial charge on any atom is -0.465 e. The van der Waals surface area contributed by atoms with Gasteiger partial charge in [0.05, 0.1) is 24.6 Å². The van der Waals surface area contributed by atoms with Gasteiger partial charge in [-0.1, -0.05) is 0 Å². The van der Waals surface area contributed by atoms with E-state index >= 15 is 0 Å². The molecule has 0 saturated carbocycles. The predicted molar refractivity (Wildman–Crippen MR) is 95.9 cm³/mol. The highest BCUT2D eigenvalue weighted by Gasteiger charge is 2.35. The van der Waals surface area contributed by atoms with Crippen molar-refractivity contribution < 1.29 is 33.4 Å². The third kappa shape index (κ3) is 6.36. The number of imide groups is 1. The number of aromatic nitrogens is 1. The van der Waals surface area contributed by atoms with Crippen LogP contribution in [0.3, 0.4) is 0 Å². The van der Waals surface area contributed by atoms with E-state index in [1.54, 1.807) is 41.5 Å². The molecule has 0 N–H and O–H groups in total. The number of ether oxygens (including phenoxy) is 3. The Morgan fingerprint density at radius 2 is 1.48 bits per heavy atom. The van der Waals surface area contributed by atoms with E-state index in [4.69, 9.17) is 9.47 Å². The number of pyridine rings is 1. The highest BCUT2D eigenvalue weighted by Crippen LogP contribution is 2.26. The number of anilines is 1. The van der Waals surface area contributed by atoms with E-state index < -0.39 is 29.4 Å². The summed E-state index contributed by atoms with van der Waals surface area (Å²) in [5.41, 5.74) is -2.35. The molecule has 1 aromatic heterocycles. The lowest BCUT2D eigenvalue weighted by molar-refractivity contribution is 0.0430. The van der Waals surface area contributed by atoms with Crippen LogP contribution in [-0.2, 0) is 14.2 Å².